The summed E-state index contributed by atoms with van der Waals surface area (Å²) < 4.78 is 0. The summed E-state index contributed by atoms with van der Waals surface area (Å²) in [5.41, 5.74) is 8.97. The number of hydrogen-bond donors (Lipinski definition) is 2. The van der Waals surface area contributed by atoms with Crippen LogP contribution in [-0.4, -0.2) is 6.29 Å². The molecule has 0 saturated carbocycles. The predicted octanol–water partition coefficient (Wildman–Crippen LogP) is 1.82. The van der Waals surface area contributed by atoms with E-state index in [0.717, 1.165) is 17.4 Å². The fourth-order valence-electron chi connectivity index (χ4n) is 1.06. The van der Waals surface area contributed by atoms with Crippen LogP contribution in [0.5, 0.6) is 0 Å². The Balaban J connectivity index is 3.28. The maximum atomic E-state index is 10.5. The molecule has 3 heteroatoms. The number of rotatable bonds is 2. The van der Waals surface area contributed by atoms with Crippen LogP contribution in [-0.2, 0) is 5.75 Å². The Bertz CT molecular complexity index is 310. The molecule has 0 heterocycles. The van der Waals surface area contributed by atoms with E-state index in [0.29, 0.717) is 17.0 Å². The number of benzene rings is 1. The fourth-order valence-corrected chi connectivity index (χ4v) is 1.39. The average Bonchev–Trinajstić information content (AvgIpc) is 2.09. The van der Waals surface area contributed by atoms with Gasteiger partial charge in [0, 0.05) is 17.0 Å². The zero-order valence-corrected chi connectivity index (χ0v) is 7.77. The zero-order valence-electron chi connectivity index (χ0n) is 6.87. The first-order valence-corrected chi connectivity index (χ1v) is 4.27. The number of nitrogen functional groups attached to an aromatic ring is 1. The molecular formula is C9H11NOS. The number of aldehydes is 1. The van der Waals surface area contributed by atoms with Crippen molar-refractivity contribution in [2.24, 2.45) is 0 Å². The summed E-state index contributed by atoms with van der Waals surface area (Å²) in [6.45, 7) is 1.93. The molecule has 0 amide bonds. The second-order valence-corrected chi connectivity index (χ2v) is 2.99. The smallest absolute Gasteiger partial charge is 0.150 e. The summed E-state index contributed by atoms with van der Waals surface area (Å²) in [4.78, 5) is 10.5. The van der Waals surface area contributed by atoms with Crippen LogP contribution in [0.25, 0.3) is 0 Å². The van der Waals surface area contributed by atoms with E-state index in [1.54, 1.807) is 6.07 Å². The minimum absolute atomic E-state index is 0.609. The summed E-state index contributed by atoms with van der Waals surface area (Å²) in [5, 5.41) is 0. The monoisotopic (exact) mass is 181 g/mol. The van der Waals surface area contributed by atoms with E-state index >= 15 is 0 Å². The normalized spacial score (nSPS) is 9.83. The third-order valence-electron chi connectivity index (χ3n) is 1.88. The molecule has 2 N–H and O–H groups in total. The third kappa shape index (κ3) is 1.61. The molecular weight excluding hydrogens is 170 g/mol. The average molecular weight is 181 g/mol. The van der Waals surface area contributed by atoms with E-state index in [9.17, 15) is 4.79 Å². The van der Waals surface area contributed by atoms with E-state index in [-0.39, 0.29) is 0 Å². The molecule has 12 heavy (non-hydrogen) atoms. The lowest BCUT2D eigenvalue weighted by atomic mass is 10.0. The van der Waals surface area contributed by atoms with Gasteiger partial charge in [0.1, 0.15) is 6.29 Å². The first-order chi connectivity index (χ1) is 5.69. The van der Waals surface area contributed by atoms with Crippen LogP contribution in [0.15, 0.2) is 12.1 Å². The van der Waals surface area contributed by atoms with Crippen LogP contribution < -0.4 is 5.73 Å². The first kappa shape index (κ1) is 9.13. The molecule has 0 radical (unpaired) electrons. The van der Waals surface area contributed by atoms with Crippen molar-refractivity contribution in [3.05, 3.63) is 28.8 Å². The minimum Gasteiger partial charge on any atom is -0.398 e. The quantitative estimate of drug-likeness (QED) is 0.415. The number of nitrogens with two attached hydrogens (primary N) is 1. The third-order valence-corrected chi connectivity index (χ3v) is 2.22. The maximum Gasteiger partial charge on any atom is 0.150 e. The summed E-state index contributed by atoms with van der Waals surface area (Å²) >= 11 is 4.14. The Morgan fingerprint density at radius 1 is 1.58 bits per heavy atom. The predicted molar refractivity (Wildman–Crippen MR) is 53.7 cm³/mol. The summed E-state index contributed by atoms with van der Waals surface area (Å²) in [6, 6.07) is 3.49. The Morgan fingerprint density at radius 2 is 2.25 bits per heavy atom. The lowest BCUT2D eigenvalue weighted by Crippen LogP contribution is -1.96. The van der Waals surface area contributed by atoms with Crippen LogP contribution in [0, 0.1) is 6.92 Å². The molecule has 0 aliphatic carbocycles. The van der Waals surface area contributed by atoms with Crippen molar-refractivity contribution >= 4 is 24.6 Å². The van der Waals surface area contributed by atoms with Gasteiger partial charge in [-0.05, 0) is 30.2 Å². The number of hydrogen-bond acceptors (Lipinski definition) is 3. The van der Waals surface area contributed by atoms with Crippen LogP contribution in [0.1, 0.15) is 21.5 Å². The molecule has 1 aromatic carbocycles. The highest BCUT2D eigenvalue weighted by Gasteiger charge is 2.02. The standard InChI is InChI=1S/C9H11NOS/c1-6-8(5-12)2-7(4-11)3-9(6)10/h2-4,12H,5,10H2,1H3. The van der Waals surface area contributed by atoms with Gasteiger partial charge in [0.25, 0.3) is 0 Å². The lowest BCUT2D eigenvalue weighted by Gasteiger charge is -2.06. The topological polar surface area (TPSA) is 43.1 Å². The second kappa shape index (κ2) is 3.63. The Hall–Kier alpha value is -0.960. The van der Waals surface area contributed by atoms with Gasteiger partial charge < -0.3 is 5.73 Å². The molecule has 0 aromatic heterocycles. The number of carbonyl (C=O) groups excluding carboxylic acids is 1. The van der Waals surface area contributed by atoms with Gasteiger partial charge in [0.15, 0.2) is 0 Å². The van der Waals surface area contributed by atoms with Gasteiger partial charge in [-0.25, -0.2) is 0 Å². The molecule has 2 nitrogen and oxygen atoms in total. The molecule has 0 fully saturated rings. The van der Waals surface area contributed by atoms with E-state index in [4.69, 9.17) is 5.73 Å². The van der Waals surface area contributed by atoms with Gasteiger partial charge in [-0.3, -0.25) is 4.79 Å². The minimum atomic E-state index is 0.609. The van der Waals surface area contributed by atoms with Crippen molar-refractivity contribution in [2.45, 2.75) is 12.7 Å². The highest BCUT2D eigenvalue weighted by Crippen LogP contribution is 2.19. The second-order valence-electron chi connectivity index (χ2n) is 2.67. The molecule has 0 atom stereocenters. The molecule has 0 aliphatic rings. The Kier molecular flexibility index (Phi) is 2.76. The van der Waals surface area contributed by atoms with Crippen LogP contribution >= 0.6 is 12.6 Å². The van der Waals surface area contributed by atoms with Gasteiger partial charge >= 0.3 is 0 Å². The Morgan fingerprint density at radius 3 is 2.75 bits per heavy atom. The highest BCUT2D eigenvalue weighted by molar-refractivity contribution is 7.79. The van der Waals surface area contributed by atoms with Crippen molar-refractivity contribution in [1.82, 2.24) is 0 Å². The van der Waals surface area contributed by atoms with Crippen LogP contribution in [0.3, 0.4) is 0 Å². The summed E-state index contributed by atoms with van der Waals surface area (Å²) in [7, 11) is 0. The fraction of sp³-hybridized carbons (Fsp3) is 0.222. The van der Waals surface area contributed by atoms with Crippen molar-refractivity contribution in [1.29, 1.82) is 0 Å². The van der Waals surface area contributed by atoms with Gasteiger partial charge in [0.2, 0.25) is 0 Å². The molecule has 1 aromatic rings. The van der Waals surface area contributed by atoms with Gasteiger partial charge in [0.05, 0.1) is 0 Å². The van der Waals surface area contributed by atoms with Crippen molar-refractivity contribution in [2.75, 3.05) is 5.73 Å². The Labute approximate surface area is 77.2 Å². The van der Waals surface area contributed by atoms with Gasteiger partial charge in [-0.2, -0.15) is 12.6 Å². The van der Waals surface area contributed by atoms with E-state index in [1.807, 2.05) is 13.0 Å². The van der Waals surface area contributed by atoms with Crippen molar-refractivity contribution in [3.63, 3.8) is 0 Å². The largest absolute Gasteiger partial charge is 0.398 e. The molecule has 64 valence electrons. The number of anilines is 1. The van der Waals surface area contributed by atoms with E-state index in [2.05, 4.69) is 12.6 Å². The van der Waals surface area contributed by atoms with E-state index < -0.39 is 0 Å². The maximum absolute atomic E-state index is 10.5. The molecule has 0 bridgehead atoms. The highest BCUT2D eigenvalue weighted by atomic mass is 32.1. The molecule has 1 rings (SSSR count). The number of carbonyl (C=O) groups is 1. The molecule has 0 saturated heterocycles. The van der Waals surface area contributed by atoms with E-state index in [1.165, 1.54) is 0 Å². The van der Waals surface area contributed by atoms with Crippen molar-refractivity contribution < 1.29 is 4.79 Å². The van der Waals surface area contributed by atoms with Gasteiger partial charge in [-0.15, -0.1) is 0 Å². The summed E-state index contributed by atoms with van der Waals surface area (Å²) in [5.74, 6) is 0.609. The van der Waals surface area contributed by atoms with Crippen LogP contribution in [0.2, 0.25) is 0 Å². The first-order valence-electron chi connectivity index (χ1n) is 3.64. The lowest BCUT2D eigenvalue weighted by molar-refractivity contribution is 0.112. The van der Waals surface area contributed by atoms with Crippen LogP contribution in [0.4, 0.5) is 5.69 Å². The zero-order chi connectivity index (χ0) is 9.14. The van der Waals surface area contributed by atoms with Gasteiger partial charge in [-0.1, -0.05) is 0 Å². The SMILES string of the molecule is Cc1c(N)cc(C=O)cc1CS. The van der Waals surface area contributed by atoms with Crippen molar-refractivity contribution in [3.8, 4) is 0 Å². The number of thiol groups is 1. The summed E-state index contributed by atoms with van der Waals surface area (Å²) in [6.07, 6.45) is 0.794. The molecule has 0 aliphatic heterocycles. The molecule has 0 spiro atoms. The molecule has 0 unspecified atom stereocenters.